The number of rotatable bonds is 5. The molecule has 31 heavy (non-hydrogen) atoms. The largest absolute Gasteiger partial charge is 0.495 e. The lowest BCUT2D eigenvalue weighted by molar-refractivity contribution is -0.137. The van der Waals surface area contributed by atoms with Crippen LogP contribution < -0.4 is 13.8 Å². The van der Waals surface area contributed by atoms with Crippen LogP contribution in [0.2, 0.25) is 5.02 Å². The van der Waals surface area contributed by atoms with Crippen molar-refractivity contribution < 1.29 is 39.5 Å². The molecule has 0 radical (unpaired) electrons. The highest BCUT2D eigenvalue weighted by atomic mass is 35.5. The summed E-state index contributed by atoms with van der Waals surface area (Å²) in [6.45, 7) is 0. The first kappa shape index (κ1) is 23.2. The van der Waals surface area contributed by atoms with E-state index in [2.05, 4.69) is 0 Å². The average molecular weight is 499 g/mol. The molecule has 0 spiro atoms. The highest BCUT2D eigenvalue weighted by Crippen LogP contribution is 2.37. The summed E-state index contributed by atoms with van der Waals surface area (Å²) in [5.74, 6) is -1.39. The van der Waals surface area contributed by atoms with Crippen molar-refractivity contribution in [3.8, 4) is 5.75 Å². The fourth-order valence-corrected chi connectivity index (χ4v) is 5.80. The van der Waals surface area contributed by atoms with E-state index in [1.807, 2.05) is 4.72 Å². The summed E-state index contributed by atoms with van der Waals surface area (Å²) in [6.07, 6.45) is -5.08. The van der Waals surface area contributed by atoms with Crippen molar-refractivity contribution in [3.63, 3.8) is 0 Å². The standard InChI is InChI=1S/C17H14ClF3N2O6S2/c1-29-14-5-3-11(23-16(24)6-7-30(23,25)26)9-15(14)31(27,28)22-10-2-4-13(18)12(8-10)17(19,20)21/h2-5,8-9,22H,6-7H2,1H3. The third kappa shape index (κ3) is 4.57. The maximum absolute atomic E-state index is 13.1. The van der Waals surface area contributed by atoms with Gasteiger partial charge in [-0.25, -0.2) is 21.1 Å². The van der Waals surface area contributed by atoms with E-state index >= 15 is 0 Å². The number of nitrogens with one attached hydrogen (secondary N) is 1. The highest BCUT2D eigenvalue weighted by Gasteiger charge is 2.37. The summed E-state index contributed by atoms with van der Waals surface area (Å²) in [5.41, 5.74) is -1.92. The molecular formula is C17H14ClF3N2O6S2. The minimum Gasteiger partial charge on any atom is -0.495 e. The smallest absolute Gasteiger partial charge is 0.417 e. The van der Waals surface area contributed by atoms with Gasteiger partial charge < -0.3 is 4.74 Å². The van der Waals surface area contributed by atoms with Crippen molar-refractivity contribution in [1.82, 2.24) is 0 Å². The van der Waals surface area contributed by atoms with Crippen LogP contribution >= 0.6 is 11.6 Å². The summed E-state index contributed by atoms with van der Waals surface area (Å²) in [4.78, 5) is 11.4. The van der Waals surface area contributed by atoms with Crippen LogP contribution in [0.3, 0.4) is 0 Å². The number of benzene rings is 2. The highest BCUT2D eigenvalue weighted by molar-refractivity contribution is 7.94. The van der Waals surface area contributed by atoms with Gasteiger partial charge in [0, 0.05) is 12.1 Å². The molecule has 1 fully saturated rings. The summed E-state index contributed by atoms with van der Waals surface area (Å²) < 4.78 is 96.7. The first-order valence-electron chi connectivity index (χ1n) is 8.40. The van der Waals surface area contributed by atoms with Gasteiger partial charge in [0.1, 0.15) is 10.6 Å². The maximum atomic E-state index is 13.1. The van der Waals surface area contributed by atoms with Crippen LogP contribution in [0, 0.1) is 0 Å². The minimum atomic E-state index is -4.82. The lowest BCUT2D eigenvalue weighted by Crippen LogP contribution is -2.29. The van der Waals surface area contributed by atoms with E-state index in [0.717, 1.165) is 31.4 Å². The quantitative estimate of drug-likeness (QED) is 0.677. The van der Waals surface area contributed by atoms with Gasteiger partial charge in [-0.1, -0.05) is 11.6 Å². The predicted octanol–water partition coefficient (Wildman–Crippen LogP) is 3.23. The van der Waals surface area contributed by atoms with Crippen LogP contribution in [0.15, 0.2) is 41.3 Å². The van der Waals surface area contributed by atoms with Crippen LogP contribution in [0.4, 0.5) is 24.5 Å². The fourth-order valence-electron chi connectivity index (χ4n) is 2.89. The Morgan fingerprint density at radius 3 is 2.39 bits per heavy atom. The molecule has 1 aliphatic heterocycles. The number of halogens is 4. The third-order valence-electron chi connectivity index (χ3n) is 4.27. The van der Waals surface area contributed by atoms with E-state index in [4.69, 9.17) is 16.3 Å². The third-order valence-corrected chi connectivity index (χ3v) is 7.70. The molecule has 0 saturated carbocycles. The molecule has 14 heteroatoms. The Labute approximate surface area is 180 Å². The zero-order valence-corrected chi connectivity index (χ0v) is 18.0. The van der Waals surface area contributed by atoms with E-state index in [1.165, 1.54) is 6.07 Å². The van der Waals surface area contributed by atoms with Crippen LogP contribution in [0.25, 0.3) is 0 Å². The van der Waals surface area contributed by atoms with Gasteiger partial charge in [-0.05, 0) is 36.4 Å². The zero-order valence-electron chi connectivity index (χ0n) is 15.6. The second-order valence-corrected chi connectivity index (χ2v) is 10.4. The van der Waals surface area contributed by atoms with E-state index in [0.29, 0.717) is 10.4 Å². The molecule has 0 atom stereocenters. The molecule has 0 aromatic heterocycles. The molecule has 8 nitrogen and oxygen atoms in total. The molecule has 0 unspecified atom stereocenters. The number of carbonyl (C=O) groups is 1. The number of hydrogen-bond donors (Lipinski definition) is 1. The topological polar surface area (TPSA) is 110 Å². The van der Waals surface area contributed by atoms with E-state index in [-0.39, 0.29) is 17.9 Å². The summed E-state index contributed by atoms with van der Waals surface area (Å²) in [7, 11) is -7.38. The molecule has 168 valence electrons. The molecule has 2 aromatic rings. The lowest BCUT2D eigenvalue weighted by Gasteiger charge is -2.18. The van der Waals surface area contributed by atoms with Crippen molar-refractivity contribution in [3.05, 3.63) is 47.0 Å². The SMILES string of the molecule is COc1ccc(N2C(=O)CCS2(=O)=O)cc1S(=O)(=O)Nc1ccc(Cl)c(C(F)(F)F)c1. The Hall–Kier alpha value is -2.51. The Kier molecular flexibility index (Phi) is 5.88. The molecular weight excluding hydrogens is 485 g/mol. The monoisotopic (exact) mass is 498 g/mol. The number of nitrogens with zero attached hydrogens (tertiary/aromatic N) is 1. The van der Waals surface area contributed by atoms with Gasteiger partial charge in [-0.15, -0.1) is 0 Å². The summed E-state index contributed by atoms with van der Waals surface area (Å²) in [5, 5.41) is -0.618. The predicted molar refractivity (Wildman–Crippen MR) is 106 cm³/mol. The molecule has 2 aromatic carbocycles. The van der Waals surface area contributed by atoms with Gasteiger partial charge in [-0.3, -0.25) is 9.52 Å². The van der Waals surface area contributed by atoms with Crippen LogP contribution in [-0.2, 0) is 31.0 Å². The van der Waals surface area contributed by atoms with Crippen molar-refractivity contribution in [2.24, 2.45) is 0 Å². The molecule has 1 aliphatic rings. The van der Waals surface area contributed by atoms with Gasteiger partial charge in [0.2, 0.25) is 15.9 Å². The molecule has 1 saturated heterocycles. The Morgan fingerprint density at radius 1 is 1.16 bits per heavy atom. The Balaban J connectivity index is 2.06. The summed E-state index contributed by atoms with van der Waals surface area (Å²) >= 11 is 5.54. The van der Waals surface area contributed by atoms with Crippen molar-refractivity contribution in [2.75, 3.05) is 21.9 Å². The second-order valence-electron chi connectivity index (χ2n) is 6.36. The van der Waals surface area contributed by atoms with Crippen LogP contribution in [0.1, 0.15) is 12.0 Å². The number of amides is 1. The fraction of sp³-hybridized carbons (Fsp3) is 0.235. The minimum absolute atomic E-state index is 0.217. The molecule has 1 heterocycles. The van der Waals surface area contributed by atoms with Crippen molar-refractivity contribution >= 4 is 48.9 Å². The van der Waals surface area contributed by atoms with Gasteiger partial charge in [0.15, 0.2) is 0 Å². The van der Waals surface area contributed by atoms with Crippen molar-refractivity contribution in [2.45, 2.75) is 17.5 Å². The number of ether oxygens (including phenoxy) is 1. The number of alkyl halides is 3. The Morgan fingerprint density at radius 2 is 1.84 bits per heavy atom. The zero-order chi connectivity index (χ0) is 23.2. The number of carbonyl (C=O) groups excluding carboxylic acids is 1. The number of sulfonamides is 2. The van der Waals surface area contributed by atoms with Crippen LogP contribution in [0.5, 0.6) is 5.75 Å². The molecule has 3 rings (SSSR count). The normalized spacial score (nSPS) is 16.4. The maximum Gasteiger partial charge on any atom is 0.417 e. The number of methoxy groups -OCH3 is 1. The van der Waals surface area contributed by atoms with Gasteiger partial charge in [-0.2, -0.15) is 13.2 Å². The molecule has 1 N–H and O–H groups in total. The van der Waals surface area contributed by atoms with E-state index in [9.17, 15) is 34.8 Å². The van der Waals surface area contributed by atoms with E-state index < -0.39 is 59.1 Å². The first-order chi connectivity index (χ1) is 14.3. The number of anilines is 2. The van der Waals surface area contributed by atoms with Crippen LogP contribution in [-0.4, -0.2) is 35.6 Å². The summed E-state index contributed by atoms with van der Waals surface area (Å²) in [6, 6.07) is 5.63. The first-order valence-corrected chi connectivity index (χ1v) is 11.9. The van der Waals surface area contributed by atoms with Gasteiger partial charge in [0.25, 0.3) is 10.0 Å². The van der Waals surface area contributed by atoms with E-state index in [1.54, 1.807) is 0 Å². The van der Waals surface area contributed by atoms with Gasteiger partial charge in [0.05, 0.1) is 29.1 Å². The van der Waals surface area contributed by atoms with Gasteiger partial charge >= 0.3 is 6.18 Å². The molecule has 1 amide bonds. The molecule has 0 aliphatic carbocycles. The van der Waals surface area contributed by atoms with Crippen molar-refractivity contribution in [1.29, 1.82) is 0 Å². The molecule has 0 bridgehead atoms. The second kappa shape index (κ2) is 7.88. The number of hydrogen-bond acceptors (Lipinski definition) is 6. The lowest BCUT2D eigenvalue weighted by atomic mass is 10.2. The Bertz CT molecular complexity index is 1260. The average Bonchev–Trinajstić information content (AvgIpc) is 2.94.